The number of cyclic esters (lactones) is 1. The quantitative estimate of drug-likeness (QED) is 0.627. The van der Waals surface area contributed by atoms with Crippen LogP contribution < -0.4 is 15.5 Å². The minimum absolute atomic E-state index is 0.0642. The van der Waals surface area contributed by atoms with Crippen LogP contribution in [0.25, 0.3) is 0 Å². The monoisotopic (exact) mass is 426 g/mol. The molecule has 2 aliphatic heterocycles. The lowest BCUT2D eigenvalue weighted by molar-refractivity contribution is 0.143. The number of hydrogen-bond acceptors (Lipinski definition) is 6. The van der Waals surface area contributed by atoms with Crippen molar-refractivity contribution >= 4 is 38.7 Å². The van der Waals surface area contributed by atoms with Gasteiger partial charge in [0.1, 0.15) is 11.9 Å². The van der Waals surface area contributed by atoms with Gasteiger partial charge < -0.3 is 10.1 Å². The van der Waals surface area contributed by atoms with Crippen LogP contribution in [-0.4, -0.2) is 46.1 Å². The standard InChI is InChI=1S/C18H23FN4O3S2/c19-15-7-12(3-4-14(15)16-5-6-28(20,25)10-22-16)23-9-13(26-18(23)24)8-21-17(27)11-1-2-11/h3-4,7,11,13,16,20,22H,1-2,5-6,8-10H2,(H,21,27)/t13-,16?,28?/m0/s1. The molecule has 3 atom stereocenters. The highest BCUT2D eigenvalue weighted by Gasteiger charge is 2.34. The summed E-state index contributed by atoms with van der Waals surface area (Å²) in [5.41, 5.74) is 0.901. The highest BCUT2D eigenvalue weighted by molar-refractivity contribution is 7.92. The lowest BCUT2D eigenvalue weighted by Gasteiger charge is -2.26. The molecular weight excluding hydrogens is 403 g/mol. The van der Waals surface area contributed by atoms with E-state index in [0.717, 1.165) is 17.8 Å². The normalized spacial score (nSPS) is 30.2. The molecule has 2 heterocycles. The number of benzene rings is 1. The van der Waals surface area contributed by atoms with Crippen LogP contribution in [0.15, 0.2) is 18.2 Å². The average Bonchev–Trinajstić information content (AvgIpc) is 3.43. The summed E-state index contributed by atoms with van der Waals surface area (Å²) in [7, 11) is -2.60. The number of halogens is 1. The molecule has 3 fully saturated rings. The van der Waals surface area contributed by atoms with E-state index in [1.807, 2.05) is 0 Å². The maximum absolute atomic E-state index is 14.7. The van der Waals surface area contributed by atoms with E-state index >= 15 is 0 Å². The van der Waals surface area contributed by atoms with Gasteiger partial charge in [-0.1, -0.05) is 18.3 Å². The van der Waals surface area contributed by atoms with Crippen molar-refractivity contribution in [3.63, 3.8) is 0 Å². The Morgan fingerprint density at radius 1 is 1.43 bits per heavy atom. The van der Waals surface area contributed by atoms with E-state index in [1.165, 1.54) is 11.0 Å². The maximum Gasteiger partial charge on any atom is 0.414 e. The molecule has 1 aromatic carbocycles. The molecule has 10 heteroatoms. The van der Waals surface area contributed by atoms with Crippen molar-refractivity contribution < 1.29 is 18.1 Å². The summed E-state index contributed by atoms with van der Waals surface area (Å²) in [5, 5.41) is 6.14. The Morgan fingerprint density at radius 3 is 2.86 bits per heavy atom. The van der Waals surface area contributed by atoms with Crippen LogP contribution in [0, 0.1) is 16.5 Å². The highest BCUT2D eigenvalue weighted by Crippen LogP contribution is 2.31. The van der Waals surface area contributed by atoms with E-state index in [1.54, 1.807) is 12.1 Å². The third kappa shape index (κ3) is 4.28. The van der Waals surface area contributed by atoms with E-state index in [4.69, 9.17) is 21.7 Å². The average molecular weight is 427 g/mol. The van der Waals surface area contributed by atoms with E-state index in [0.29, 0.717) is 36.7 Å². The Kier molecular flexibility index (Phi) is 5.28. The number of thiocarbonyl (C=S) groups is 1. The third-order valence-electron chi connectivity index (χ3n) is 5.30. The second kappa shape index (κ2) is 7.57. The number of rotatable bonds is 5. The van der Waals surface area contributed by atoms with Gasteiger partial charge in [-0.2, -0.15) is 0 Å². The van der Waals surface area contributed by atoms with E-state index in [2.05, 4.69) is 10.6 Å². The summed E-state index contributed by atoms with van der Waals surface area (Å²) >= 11 is 5.28. The Morgan fingerprint density at radius 2 is 2.21 bits per heavy atom. The van der Waals surface area contributed by atoms with Crippen LogP contribution in [0.2, 0.25) is 0 Å². The van der Waals surface area contributed by atoms with Gasteiger partial charge in [0.05, 0.1) is 39.4 Å². The maximum atomic E-state index is 14.7. The zero-order valence-electron chi connectivity index (χ0n) is 15.3. The Labute approximate surface area is 169 Å². The van der Waals surface area contributed by atoms with Crippen LogP contribution in [0.4, 0.5) is 14.9 Å². The van der Waals surface area contributed by atoms with Gasteiger partial charge in [0.15, 0.2) is 0 Å². The van der Waals surface area contributed by atoms with Crippen molar-refractivity contribution in [3.05, 3.63) is 29.6 Å². The molecule has 4 rings (SSSR count). The van der Waals surface area contributed by atoms with Gasteiger partial charge in [0.2, 0.25) is 0 Å². The van der Waals surface area contributed by atoms with Crippen molar-refractivity contribution in [2.24, 2.45) is 5.92 Å². The van der Waals surface area contributed by atoms with Crippen molar-refractivity contribution in [2.75, 3.05) is 29.6 Å². The van der Waals surface area contributed by atoms with Gasteiger partial charge >= 0.3 is 6.09 Å². The smallest absolute Gasteiger partial charge is 0.414 e. The molecule has 0 spiro atoms. The van der Waals surface area contributed by atoms with E-state index < -0.39 is 21.6 Å². The van der Waals surface area contributed by atoms with Gasteiger partial charge in [-0.25, -0.2) is 13.4 Å². The fourth-order valence-electron chi connectivity index (χ4n) is 3.49. The van der Waals surface area contributed by atoms with Crippen molar-refractivity contribution in [1.82, 2.24) is 10.6 Å². The lowest BCUT2D eigenvalue weighted by atomic mass is 10.0. The van der Waals surface area contributed by atoms with Crippen LogP contribution in [0.5, 0.6) is 0 Å². The zero-order valence-corrected chi connectivity index (χ0v) is 16.9. The molecule has 0 aromatic heterocycles. The molecule has 3 N–H and O–H groups in total. The first-order chi connectivity index (χ1) is 13.3. The lowest BCUT2D eigenvalue weighted by Crippen LogP contribution is -2.36. The van der Waals surface area contributed by atoms with E-state index in [-0.39, 0.29) is 23.8 Å². The predicted molar refractivity (Wildman–Crippen MR) is 108 cm³/mol. The van der Waals surface area contributed by atoms with E-state index in [9.17, 15) is 13.4 Å². The third-order valence-corrected chi connectivity index (χ3v) is 7.30. The molecule has 0 radical (unpaired) electrons. The van der Waals surface area contributed by atoms with Crippen molar-refractivity contribution in [2.45, 2.75) is 31.4 Å². The molecule has 28 heavy (non-hydrogen) atoms. The van der Waals surface area contributed by atoms with Crippen molar-refractivity contribution in [3.8, 4) is 0 Å². The fraction of sp³-hybridized carbons (Fsp3) is 0.556. The minimum Gasteiger partial charge on any atom is -0.442 e. The van der Waals surface area contributed by atoms with Crippen LogP contribution in [0.3, 0.4) is 0 Å². The number of amides is 1. The van der Waals surface area contributed by atoms with Crippen LogP contribution in [-0.2, 0) is 14.5 Å². The number of anilines is 1. The highest BCUT2D eigenvalue weighted by atomic mass is 32.2. The molecule has 1 aromatic rings. The molecule has 2 saturated heterocycles. The molecule has 7 nitrogen and oxygen atoms in total. The Hall–Kier alpha value is -1.78. The SMILES string of the molecule is N=S1(=O)CCC(c2ccc(N3C[C@H](CNC(=S)C4CC4)OC3=O)cc2F)NC1. The molecule has 0 bridgehead atoms. The van der Waals surface area contributed by atoms with Crippen LogP contribution in [0.1, 0.15) is 30.9 Å². The molecule has 1 amide bonds. The minimum atomic E-state index is -2.60. The molecular formula is C18H23FN4O3S2. The number of hydrogen-bond donors (Lipinski definition) is 3. The molecule has 3 aliphatic rings. The number of nitrogens with one attached hydrogen (secondary N) is 3. The topological polar surface area (TPSA) is 94.5 Å². The summed E-state index contributed by atoms with van der Waals surface area (Å²) < 4.78 is 39.4. The van der Waals surface area contributed by atoms with Gasteiger partial charge in [-0.3, -0.25) is 15.0 Å². The second-order valence-electron chi connectivity index (χ2n) is 7.55. The second-order valence-corrected chi connectivity index (χ2v) is 10.3. The number of carbonyl (C=O) groups is 1. The number of nitrogens with zero attached hydrogens (tertiary/aromatic N) is 1. The molecule has 152 valence electrons. The van der Waals surface area contributed by atoms with Gasteiger partial charge in [0.25, 0.3) is 0 Å². The van der Waals surface area contributed by atoms with Gasteiger partial charge in [0, 0.05) is 23.3 Å². The summed E-state index contributed by atoms with van der Waals surface area (Å²) in [4.78, 5) is 14.4. The summed E-state index contributed by atoms with van der Waals surface area (Å²) in [5.74, 6) is 0.343. The first kappa shape index (κ1) is 19.5. The first-order valence-corrected chi connectivity index (χ1v) is 11.7. The summed E-state index contributed by atoms with van der Waals surface area (Å²) in [6.07, 6.45) is 1.84. The fourth-order valence-corrected chi connectivity index (χ4v) is 5.04. The molecule has 1 saturated carbocycles. The van der Waals surface area contributed by atoms with Gasteiger partial charge in [-0.15, -0.1) is 0 Å². The predicted octanol–water partition coefficient (Wildman–Crippen LogP) is 2.52. The Balaban J connectivity index is 1.39. The number of carbonyl (C=O) groups excluding carboxylic acids is 1. The Bertz CT molecular complexity index is 890. The molecule has 1 aliphatic carbocycles. The number of ether oxygens (including phenoxy) is 1. The largest absolute Gasteiger partial charge is 0.442 e. The van der Waals surface area contributed by atoms with Crippen LogP contribution >= 0.6 is 12.2 Å². The first-order valence-electron chi connectivity index (χ1n) is 9.35. The summed E-state index contributed by atoms with van der Waals surface area (Å²) in [6, 6.07) is 4.38. The van der Waals surface area contributed by atoms with Crippen molar-refractivity contribution in [1.29, 1.82) is 4.78 Å². The molecule has 2 unspecified atom stereocenters. The zero-order chi connectivity index (χ0) is 19.9. The summed E-state index contributed by atoms with van der Waals surface area (Å²) in [6.45, 7) is 0.789. The van der Waals surface area contributed by atoms with Gasteiger partial charge in [-0.05, 0) is 31.4 Å².